The van der Waals surface area contributed by atoms with Gasteiger partial charge in [0.1, 0.15) is 5.00 Å². The standard InChI is InChI=1S/C12H14FNS/c1-12(2,3)7-5-4-6-8-9(7)10(13)11(14)15-8/h4-6H,14H2,1-3H3. The number of nitrogens with two attached hydrogens (primary N) is 1. The average molecular weight is 223 g/mol. The summed E-state index contributed by atoms with van der Waals surface area (Å²) in [5.74, 6) is -0.263. The van der Waals surface area contributed by atoms with Gasteiger partial charge in [-0.25, -0.2) is 4.39 Å². The molecule has 1 nitrogen and oxygen atoms in total. The Labute approximate surface area is 92.7 Å². The minimum atomic E-state index is -0.263. The van der Waals surface area contributed by atoms with Crippen molar-refractivity contribution in [3.05, 3.63) is 29.6 Å². The van der Waals surface area contributed by atoms with E-state index in [1.807, 2.05) is 18.2 Å². The van der Waals surface area contributed by atoms with Crippen molar-refractivity contribution in [2.24, 2.45) is 0 Å². The van der Waals surface area contributed by atoms with E-state index in [-0.39, 0.29) is 16.2 Å². The molecule has 3 heteroatoms. The number of rotatable bonds is 0. The topological polar surface area (TPSA) is 26.0 Å². The lowest BCUT2D eigenvalue weighted by molar-refractivity contribution is 0.588. The van der Waals surface area contributed by atoms with Gasteiger partial charge in [-0.1, -0.05) is 32.9 Å². The highest BCUT2D eigenvalue weighted by molar-refractivity contribution is 7.22. The third-order valence-corrected chi connectivity index (χ3v) is 3.45. The van der Waals surface area contributed by atoms with Crippen LogP contribution in [-0.4, -0.2) is 0 Å². The van der Waals surface area contributed by atoms with Gasteiger partial charge in [0.25, 0.3) is 0 Å². The molecule has 0 aliphatic rings. The number of fused-ring (bicyclic) bond motifs is 1. The summed E-state index contributed by atoms with van der Waals surface area (Å²) in [5, 5.41) is 0.967. The average Bonchev–Trinajstić information content (AvgIpc) is 2.41. The predicted octanol–water partition coefficient (Wildman–Crippen LogP) is 3.92. The fourth-order valence-electron chi connectivity index (χ4n) is 1.75. The van der Waals surface area contributed by atoms with E-state index in [2.05, 4.69) is 20.8 Å². The molecule has 0 radical (unpaired) electrons. The number of hydrogen-bond acceptors (Lipinski definition) is 2. The molecule has 0 bridgehead atoms. The zero-order valence-electron chi connectivity index (χ0n) is 9.10. The maximum absolute atomic E-state index is 13.8. The summed E-state index contributed by atoms with van der Waals surface area (Å²) in [7, 11) is 0. The first kappa shape index (κ1) is 10.4. The molecule has 0 spiro atoms. The van der Waals surface area contributed by atoms with Gasteiger partial charge < -0.3 is 5.73 Å². The summed E-state index contributed by atoms with van der Waals surface area (Å²) in [6.45, 7) is 6.24. The summed E-state index contributed by atoms with van der Waals surface area (Å²) < 4.78 is 14.8. The van der Waals surface area contributed by atoms with E-state index in [9.17, 15) is 4.39 Å². The van der Waals surface area contributed by atoms with Crippen LogP contribution in [0, 0.1) is 5.82 Å². The summed E-state index contributed by atoms with van der Waals surface area (Å²) >= 11 is 1.31. The van der Waals surface area contributed by atoms with Crippen LogP contribution in [0.3, 0.4) is 0 Å². The molecular weight excluding hydrogens is 209 g/mol. The van der Waals surface area contributed by atoms with Crippen molar-refractivity contribution in [3.8, 4) is 0 Å². The zero-order valence-corrected chi connectivity index (χ0v) is 9.91. The molecule has 15 heavy (non-hydrogen) atoms. The van der Waals surface area contributed by atoms with Crippen LogP contribution >= 0.6 is 11.3 Å². The first-order chi connectivity index (χ1) is 6.91. The molecule has 0 unspecified atom stereocenters. The van der Waals surface area contributed by atoms with Crippen molar-refractivity contribution in [3.63, 3.8) is 0 Å². The number of benzene rings is 1. The summed E-state index contributed by atoms with van der Waals surface area (Å²) in [6.07, 6.45) is 0. The normalized spacial score (nSPS) is 12.3. The first-order valence-electron chi connectivity index (χ1n) is 4.88. The Balaban J connectivity index is 2.86. The van der Waals surface area contributed by atoms with E-state index in [4.69, 9.17) is 5.73 Å². The Bertz CT molecular complexity index is 508. The Hall–Kier alpha value is -1.09. The monoisotopic (exact) mass is 223 g/mol. The highest BCUT2D eigenvalue weighted by Crippen LogP contribution is 2.38. The van der Waals surface area contributed by atoms with Gasteiger partial charge in [-0.15, -0.1) is 11.3 Å². The van der Waals surface area contributed by atoms with Gasteiger partial charge in [-0.3, -0.25) is 0 Å². The quantitative estimate of drug-likeness (QED) is 0.719. The van der Waals surface area contributed by atoms with Crippen molar-refractivity contribution in [1.82, 2.24) is 0 Å². The van der Waals surface area contributed by atoms with E-state index < -0.39 is 0 Å². The molecule has 2 aromatic rings. The molecule has 0 amide bonds. The molecular formula is C12H14FNS. The van der Waals surface area contributed by atoms with Crippen LogP contribution in [-0.2, 0) is 5.41 Å². The number of anilines is 1. The molecule has 2 N–H and O–H groups in total. The lowest BCUT2D eigenvalue weighted by Gasteiger charge is -2.20. The number of thiophene rings is 1. The lowest BCUT2D eigenvalue weighted by Crippen LogP contribution is -2.11. The minimum Gasteiger partial charge on any atom is -0.388 e. The Morgan fingerprint density at radius 3 is 2.53 bits per heavy atom. The third-order valence-electron chi connectivity index (χ3n) is 2.49. The Morgan fingerprint density at radius 2 is 1.93 bits per heavy atom. The van der Waals surface area contributed by atoms with Crippen molar-refractivity contribution >= 4 is 26.4 Å². The van der Waals surface area contributed by atoms with E-state index in [0.717, 1.165) is 10.3 Å². The van der Waals surface area contributed by atoms with E-state index in [1.54, 1.807) is 0 Å². The molecule has 0 saturated carbocycles. The second kappa shape index (κ2) is 3.20. The smallest absolute Gasteiger partial charge is 0.165 e. The number of nitrogen functional groups attached to an aromatic ring is 1. The molecule has 0 saturated heterocycles. The van der Waals surface area contributed by atoms with E-state index in [0.29, 0.717) is 5.39 Å². The van der Waals surface area contributed by atoms with Gasteiger partial charge in [0.05, 0.1) is 0 Å². The second-order valence-corrected chi connectivity index (χ2v) is 5.79. The van der Waals surface area contributed by atoms with E-state index >= 15 is 0 Å². The van der Waals surface area contributed by atoms with Crippen LogP contribution in [0.15, 0.2) is 18.2 Å². The fourth-order valence-corrected chi connectivity index (χ4v) is 2.63. The van der Waals surface area contributed by atoms with Gasteiger partial charge in [-0.2, -0.15) is 0 Å². The molecule has 1 aromatic carbocycles. The summed E-state index contributed by atoms with van der Waals surface area (Å²) in [5.41, 5.74) is 6.57. The van der Waals surface area contributed by atoms with Crippen molar-refractivity contribution < 1.29 is 4.39 Å². The SMILES string of the molecule is CC(C)(C)c1cccc2sc(N)c(F)c12. The van der Waals surface area contributed by atoms with Crippen LogP contribution < -0.4 is 5.73 Å². The highest BCUT2D eigenvalue weighted by atomic mass is 32.1. The summed E-state index contributed by atoms with van der Waals surface area (Å²) in [4.78, 5) is 0. The van der Waals surface area contributed by atoms with Crippen LogP contribution in [0.25, 0.3) is 10.1 Å². The van der Waals surface area contributed by atoms with Crippen LogP contribution in [0.2, 0.25) is 0 Å². The minimum absolute atomic E-state index is 0.0616. The molecule has 80 valence electrons. The molecule has 0 fully saturated rings. The maximum atomic E-state index is 13.8. The molecule has 1 aromatic heterocycles. The predicted molar refractivity (Wildman–Crippen MR) is 64.9 cm³/mol. The van der Waals surface area contributed by atoms with Crippen LogP contribution in [0.5, 0.6) is 0 Å². The van der Waals surface area contributed by atoms with Gasteiger partial charge in [0.15, 0.2) is 5.82 Å². The summed E-state index contributed by atoms with van der Waals surface area (Å²) in [6, 6.07) is 5.84. The first-order valence-corrected chi connectivity index (χ1v) is 5.70. The fraction of sp³-hybridized carbons (Fsp3) is 0.333. The molecule has 0 aliphatic carbocycles. The van der Waals surface area contributed by atoms with Gasteiger partial charge in [0, 0.05) is 10.1 Å². The molecule has 0 atom stereocenters. The molecule has 0 aliphatic heterocycles. The maximum Gasteiger partial charge on any atom is 0.165 e. The van der Waals surface area contributed by atoms with Crippen LogP contribution in [0.4, 0.5) is 9.39 Å². The highest BCUT2D eigenvalue weighted by Gasteiger charge is 2.21. The number of halogens is 1. The zero-order chi connectivity index (χ0) is 11.2. The van der Waals surface area contributed by atoms with E-state index in [1.165, 1.54) is 11.3 Å². The Morgan fingerprint density at radius 1 is 1.27 bits per heavy atom. The molecule has 1 heterocycles. The van der Waals surface area contributed by atoms with Crippen LogP contribution in [0.1, 0.15) is 26.3 Å². The van der Waals surface area contributed by atoms with Gasteiger partial charge in [-0.05, 0) is 17.0 Å². The van der Waals surface area contributed by atoms with Crippen molar-refractivity contribution in [2.75, 3.05) is 5.73 Å². The Kier molecular flexibility index (Phi) is 2.23. The number of hydrogen-bond donors (Lipinski definition) is 1. The lowest BCUT2D eigenvalue weighted by atomic mass is 9.85. The van der Waals surface area contributed by atoms with Crippen molar-refractivity contribution in [1.29, 1.82) is 0 Å². The molecule has 2 rings (SSSR count). The second-order valence-electron chi connectivity index (χ2n) is 4.71. The van der Waals surface area contributed by atoms with Crippen molar-refractivity contribution in [2.45, 2.75) is 26.2 Å². The largest absolute Gasteiger partial charge is 0.388 e. The third kappa shape index (κ3) is 1.61. The van der Waals surface area contributed by atoms with Gasteiger partial charge in [0.2, 0.25) is 0 Å². The van der Waals surface area contributed by atoms with Gasteiger partial charge >= 0.3 is 0 Å².